The lowest BCUT2D eigenvalue weighted by Crippen LogP contribution is -2.26. The summed E-state index contributed by atoms with van der Waals surface area (Å²) in [6.07, 6.45) is -1.54. The van der Waals surface area contributed by atoms with Crippen molar-refractivity contribution in [2.24, 2.45) is 10.8 Å². The highest BCUT2D eigenvalue weighted by atomic mass is 16.8. The fourth-order valence-electron chi connectivity index (χ4n) is 2.84. The van der Waals surface area contributed by atoms with Crippen LogP contribution in [0.3, 0.4) is 0 Å². The highest BCUT2D eigenvalue weighted by molar-refractivity contribution is 6.06. The van der Waals surface area contributed by atoms with Crippen molar-refractivity contribution in [1.82, 2.24) is 10.2 Å². The zero-order chi connectivity index (χ0) is 16.8. The Kier molecular flexibility index (Phi) is 3.57. The molecule has 3 heterocycles. The number of H-pyrrole nitrogens is 1. The van der Waals surface area contributed by atoms with E-state index in [4.69, 9.17) is 25.5 Å². The van der Waals surface area contributed by atoms with Gasteiger partial charge in [0, 0.05) is 4.91 Å². The van der Waals surface area contributed by atoms with Gasteiger partial charge in [-0.2, -0.15) is 5.10 Å². The molecule has 122 valence electrons. The first-order valence-corrected chi connectivity index (χ1v) is 6.79. The number of amides is 2. The number of nitrogens with two attached hydrogens (primary N) is 1. The van der Waals surface area contributed by atoms with Crippen LogP contribution in [0.15, 0.2) is 5.11 Å². The Labute approximate surface area is 129 Å². The SMILES string of the molecule is CC1(C)O[C@@H]2[C@H](CO[C@H]2c2[nH]nc(C(N)=O)c2C(=O)N=[N+]=[N-])O1. The van der Waals surface area contributed by atoms with Crippen molar-refractivity contribution in [3.8, 4) is 0 Å². The number of fused-ring (bicyclic) bond motifs is 1. The second-order valence-corrected chi connectivity index (χ2v) is 5.61. The number of aromatic amines is 1. The van der Waals surface area contributed by atoms with Crippen LogP contribution in [0, 0.1) is 0 Å². The number of hydrogen-bond acceptors (Lipinski definition) is 6. The maximum Gasteiger partial charge on any atom is 0.269 e. The van der Waals surface area contributed by atoms with Crippen molar-refractivity contribution >= 4 is 11.8 Å². The number of hydrogen-bond donors (Lipinski definition) is 2. The summed E-state index contributed by atoms with van der Waals surface area (Å²) in [5, 5.41) is 9.30. The molecule has 3 rings (SSSR count). The van der Waals surface area contributed by atoms with Crippen LogP contribution in [0.25, 0.3) is 10.4 Å². The number of azide groups is 1. The van der Waals surface area contributed by atoms with Gasteiger partial charge < -0.3 is 19.9 Å². The molecule has 0 aliphatic carbocycles. The predicted octanol–water partition coefficient (Wildman–Crippen LogP) is 0.551. The molecule has 0 radical (unpaired) electrons. The zero-order valence-electron chi connectivity index (χ0n) is 12.3. The molecule has 0 spiro atoms. The van der Waals surface area contributed by atoms with Gasteiger partial charge in [-0.1, -0.05) is 0 Å². The van der Waals surface area contributed by atoms with E-state index in [0.29, 0.717) is 0 Å². The molecular formula is C12H14N6O5. The van der Waals surface area contributed by atoms with Gasteiger partial charge in [0.1, 0.15) is 18.3 Å². The molecule has 11 heteroatoms. The first-order valence-electron chi connectivity index (χ1n) is 6.79. The lowest BCUT2D eigenvalue weighted by atomic mass is 10.0. The highest BCUT2D eigenvalue weighted by Crippen LogP contribution is 2.42. The van der Waals surface area contributed by atoms with Crippen LogP contribution in [-0.2, 0) is 14.2 Å². The minimum absolute atomic E-state index is 0.171. The average molecular weight is 322 g/mol. The monoisotopic (exact) mass is 322 g/mol. The first-order chi connectivity index (χ1) is 10.8. The van der Waals surface area contributed by atoms with Gasteiger partial charge in [-0.15, -0.1) is 0 Å². The Morgan fingerprint density at radius 1 is 1.48 bits per heavy atom. The number of ether oxygens (including phenoxy) is 3. The van der Waals surface area contributed by atoms with Crippen LogP contribution in [0.1, 0.15) is 46.5 Å². The van der Waals surface area contributed by atoms with Gasteiger partial charge in [0.05, 0.1) is 17.9 Å². The lowest BCUT2D eigenvalue weighted by Gasteiger charge is -2.21. The van der Waals surface area contributed by atoms with E-state index in [1.165, 1.54) is 0 Å². The second kappa shape index (κ2) is 5.32. The number of nitrogens with one attached hydrogen (secondary N) is 1. The van der Waals surface area contributed by atoms with Crippen LogP contribution in [-0.4, -0.2) is 46.6 Å². The number of primary amides is 1. The fraction of sp³-hybridized carbons (Fsp3) is 0.583. The first kappa shape index (κ1) is 15.4. The third-order valence-corrected chi connectivity index (χ3v) is 3.62. The van der Waals surface area contributed by atoms with E-state index < -0.39 is 29.8 Å². The Balaban J connectivity index is 2.02. The molecule has 0 bridgehead atoms. The number of nitrogens with zero attached hydrogens (tertiary/aromatic N) is 4. The largest absolute Gasteiger partial charge is 0.366 e. The van der Waals surface area contributed by atoms with Crippen LogP contribution in [0.2, 0.25) is 0 Å². The molecule has 3 atom stereocenters. The quantitative estimate of drug-likeness (QED) is 0.468. The van der Waals surface area contributed by atoms with Gasteiger partial charge >= 0.3 is 0 Å². The molecule has 2 aliphatic heterocycles. The molecule has 2 amide bonds. The summed E-state index contributed by atoms with van der Waals surface area (Å²) in [4.78, 5) is 25.9. The number of carbonyl (C=O) groups excluding carboxylic acids is 2. The summed E-state index contributed by atoms with van der Waals surface area (Å²) in [7, 11) is 0. The summed E-state index contributed by atoms with van der Waals surface area (Å²) < 4.78 is 17.1. The van der Waals surface area contributed by atoms with Crippen molar-refractivity contribution in [2.45, 2.75) is 37.9 Å². The van der Waals surface area contributed by atoms with Gasteiger partial charge in [0.2, 0.25) is 0 Å². The van der Waals surface area contributed by atoms with Gasteiger partial charge in [-0.05, 0) is 24.5 Å². The topological polar surface area (TPSA) is 165 Å². The third-order valence-electron chi connectivity index (χ3n) is 3.62. The van der Waals surface area contributed by atoms with Crippen LogP contribution >= 0.6 is 0 Å². The Bertz CT molecular complexity index is 722. The number of carbonyl (C=O) groups is 2. The van der Waals surface area contributed by atoms with Gasteiger partial charge in [-0.25, -0.2) is 0 Å². The summed E-state index contributed by atoms with van der Waals surface area (Å²) in [5.41, 5.74) is 13.3. The van der Waals surface area contributed by atoms with E-state index in [0.717, 1.165) is 0 Å². The van der Waals surface area contributed by atoms with Gasteiger partial charge in [0.15, 0.2) is 11.5 Å². The Morgan fingerprint density at radius 2 is 2.22 bits per heavy atom. The molecule has 11 nitrogen and oxygen atoms in total. The molecule has 0 saturated carbocycles. The smallest absolute Gasteiger partial charge is 0.269 e. The molecular weight excluding hydrogens is 308 g/mol. The molecule has 2 saturated heterocycles. The summed E-state index contributed by atoms with van der Waals surface area (Å²) in [6.45, 7) is 3.77. The Morgan fingerprint density at radius 3 is 2.87 bits per heavy atom. The van der Waals surface area contributed by atoms with Crippen molar-refractivity contribution in [3.63, 3.8) is 0 Å². The zero-order valence-corrected chi connectivity index (χ0v) is 12.3. The van der Waals surface area contributed by atoms with Gasteiger partial charge in [-0.3, -0.25) is 14.7 Å². The van der Waals surface area contributed by atoms with Crippen LogP contribution in [0.5, 0.6) is 0 Å². The van der Waals surface area contributed by atoms with E-state index >= 15 is 0 Å². The maximum atomic E-state index is 12.0. The minimum atomic E-state index is -0.977. The summed E-state index contributed by atoms with van der Waals surface area (Å²) >= 11 is 0. The molecule has 23 heavy (non-hydrogen) atoms. The molecule has 1 aromatic rings. The maximum absolute atomic E-state index is 12.0. The number of aromatic nitrogens is 2. The van der Waals surface area contributed by atoms with E-state index in [1.54, 1.807) is 13.8 Å². The predicted molar refractivity (Wildman–Crippen MR) is 73.1 cm³/mol. The van der Waals surface area contributed by atoms with Crippen molar-refractivity contribution in [2.75, 3.05) is 6.61 Å². The highest BCUT2D eigenvalue weighted by Gasteiger charge is 2.52. The second-order valence-electron chi connectivity index (χ2n) is 5.61. The summed E-state index contributed by atoms with van der Waals surface area (Å²) in [5.74, 6) is -2.70. The van der Waals surface area contributed by atoms with E-state index in [-0.39, 0.29) is 29.7 Å². The molecule has 0 unspecified atom stereocenters. The lowest BCUT2D eigenvalue weighted by molar-refractivity contribution is -0.176. The van der Waals surface area contributed by atoms with Crippen LogP contribution in [0.4, 0.5) is 0 Å². The van der Waals surface area contributed by atoms with Crippen molar-refractivity contribution in [1.29, 1.82) is 0 Å². The molecule has 0 aromatic carbocycles. The Hall–Kier alpha value is -2.46. The van der Waals surface area contributed by atoms with E-state index in [1.807, 2.05) is 0 Å². The standard InChI is InChI=1S/C12H14N6O5/c1-12(2)22-4-3-21-9(8(4)23-12)6-5(11(20)17-18-14)7(10(13)19)16-15-6/h4,8-9H,3H2,1-2H3,(H2,13,19)(H,15,16)/t4-,8+,9-/m0/s1. The molecule has 2 aliphatic rings. The average Bonchev–Trinajstić information content (AvgIpc) is 3.09. The molecule has 1 aromatic heterocycles. The normalized spacial score (nSPS) is 28.2. The van der Waals surface area contributed by atoms with Crippen molar-refractivity contribution in [3.05, 3.63) is 27.4 Å². The number of rotatable bonds is 3. The van der Waals surface area contributed by atoms with Gasteiger partial charge in [0.25, 0.3) is 11.8 Å². The minimum Gasteiger partial charge on any atom is -0.366 e. The molecule has 2 fully saturated rings. The van der Waals surface area contributed by atoms with E-state index in [9.17, 15) is 9.59 Å². The molecule has 3 N–H and O–H groups in total. The third kappa shape index (κ3) is 2.55. The fourth-order valence-corrected chi connectivity index (χ4v) is 2.84. The van der Waals surface area contributed by atoms with E-state index in [2.05, 4.69) is 20.2 Å². The van der Waals surface area contributed by atoms with Crippen LogP contribution < -0.4 is 5.73 Å². The summed E-state index contributed by atoms with van der Waals surface area (Å²) in [6, 6.07) is 0. The van der Waals surface area contributed by atoms with Crippen molar-refractivity contribution < 1.29 is 23.8 Å².